The third kappa shape index (κ3) is 3.33. The normalized spacial score (nSPS) is 19.9. The van der Waals surface area contributed by atoms with Crippen LogP contribution in [-0.2, 0) is 10.3 Å². The minimum Gasteiger partial charge on any atom is -0.490 e. The lowest BCUT2D eigenvalue weighted by Crippen LogP contribution is -2.41. The number of amides is 3. The van der Waals surface area contributed by atoms with E-state index in [-0.39, 0.29) is 19.1 Å². The summed E-state index contributed by atoms with van der Waals surface area (Å²) < 4.78 is 5.58. The van der Waals surface area contributed by atoms with Crippen LogP contribution < -0.4 is 10.1 Å². The summed E-state index contributed by atoms with van der Waals surface area (Å²) in [7, 11) is 0. The van der Waals surface area contributed by atoms with Crippen molar-refractivity contribution in [3.63, 3.8) is 0 Å². The Hall–Kier alpha value is -2.53. The maximum absolute atomic E-state index is 12.8. The van der Waals surface area contributed by atoms with Gasteiger partial charge in [0.2, 0.25) is 0 Å². The molecule has 1 unspecified atom stereocenters. The number of carbonyl (C=O) groups is 2. The predicted octanol–water partition coefficient (Wildman–Crippen LogP) is 3.49. The van der Waals surface area contributed by atoms with Gasteiger partial charge in [-0.3, -0.25) is 9.69 Å². The highest BCUT2D eigenvalue weighted by molar-refractivity contribution is 6.32. The second kappa shape index (κ2) is 6.76. The first kappa shape index (κ1) is 17.3. The quantitative estimate of drug-likeness (QED) is 0.832. The van der Waals surface area contributed by atoms with E-state index in [0.29, 0.717) is 10.8 Å². The van der Waals surface area contributed by atoms with E-state index >= 15 is 0 Å². The summed E-state index contributed by atoms with van der Waals surface area (Å²) >= 11 is 6.03. The van der Waals surface area contributed by atoms with Gasteiger partial charge >= 0.3 is 6.03 Å². The third-order valence-electron chi connectivity index (χ3n) is 4.31. The number of carbonyl (C=O) groups excluding carboxylic acids is 2. The van der Waals surface area contributed by atoms with Gasteiger partial charge < -0.3 is 10.1 Å². The van der Waals surface area contributed by atoms with Gasteiger partial charge in [-0.05, 0) is 31.5 Å². The first-order chi connectivity index (χ1) is 11.9. The van der Waals surface area contributed by atoms with Gasteiger partial charge in [-0.1, -0.05) is 53.6 Å². The lowest BCUT2D eigenvalue weighted by molar-refractivity contribution is -0.131. The van der Waals surface area contributed by atoms with E-state index in [1.165, 1.54) is 4.90 Å². The molecular weight excluding hydrogens is 340 g/mol. The van der Waals surface area contributed by atoms with Gasteiger partial charge in [0.05, 0.1) is 11.6 Å². The molecule has 1 aliphatic heterocycles. The molecule has 0 spiro atoms. The molecule has 1 N–H and O–H groups in total. The van der Waals surface area contributed by atoms with E-state index in [2.05, 4.69) is 5.32 Å². The Bertz CT molecular complexity index is 807. The molecule has 130 valence electrons. The second-order valence-corrected chi connectivity index (χ2v) is 6.56. The molecule has 0 radical (unpaired) electrons. The van der Waals surface area contributed by atoms with Gasteiger partial charge in [0.25, 0.3) is 5.91 Å². The van der Waals surface area contributed by atoms with E-state index in [1.807, 2.05) is 37.3 Å². The number of hydrogen-bond donors (Lipinski definition) is 1. The van der Waals surface area contributed by atoms with Crippen molar-refractivity contribution in [3.05, 3.63) is 64.7 Å². The Morgan fingerprint density at radius 3 is 2.48 bits per heavy atom. The van der Waals surface area contributed by atoms with Crippen LogP contribution in [0.5, 0.6) is 5.75 Å². The van der Waals surface area contributed by atoms with Crippen molar-refractivity contribution in [2.75, 3.05) is 13.2 Å². The minimum atomic E-state index is -1.06. The molecule has 25 heavy (non-hydrogen) atoms. The average Bonchev–Trinajstić information content (AvgIpc) is 2.81. The lowest BCUT2D eigenvalue weighted by atomic mass is 9.91. The maximum Gasteiger partial charge on any atom is 0.325 e. The number of nitrogens with zero attached hydrogens (tertiary/aromatic N) is 1. The van der Waals surface area contributed by atoms with Crippen LogP contribution in [0.2, 0.25) is 5.02 Å². The van der Waals surface area contributed by atoms with Gasteiger partial charge in [-0.2, -0.15) is 0 Å². The number of benzene rings is 2. The Labute approximate surface area is 151 Å². The van der Waals surface area contributed by atoms with Gasteiger partial charge in [0.15, 0.2) is 0 Å². The van der Waals surface area contributed by atoms with E-state index in [9.17, 15) is 9.59 Å². The molecule has 1 saturated heterocycles. The molecule has 5 nitrogen and oxygen atoms in total. The van der Waals surface area contributed by atoms with Crippen LogP contribution in [0, 0.1) is 6.92 Å². The zero-order chi connectivity index (χ0) is 18.0. The number of ether oxygens (including phenoxy) is 1. The minimum absolute atomic E-state index is 0.150. The fraction of sp³-hybridized carbons (Fsp3) is 0.263. The number of aryl methyl sites for hydroxylation is 1. The fourth-order valence-corrected chi connectivity index (χ4v) is 2.98. The first-order valence-corrected chi connectivity index (χ1v) is 8.38. The van der Waals surface area contributed by atoms with Gasteiger partial charge in [0, 0.05) is 0 Å². The first-order valence-electron chi connectivity index (χ1n) is 8.00. The second-order valence-electron chi connectivity index (χ2n) is 6.16. The van der Waals surface area contributed by atoms with Crippen LogP contribution in [0.3, 0.4) is 0 Å². The van der Waals surface area contributed by atoms with Crippen LogP contribution in [0.15, 0.2) is 48.5 Å². The number of para-hydroxylation sites is 1. The van der Waals surface area contributed by atoms with E-state index < -0.39 is 11.6 Å². The van der Waals surface area contributed by atoms with Gasteiger partial charge in [-0.25, -0.2) is 4.79 Å². The molecule has 0 aliphatic carbocycles. The summed E-state index contributed by atoms with van der Waals surface area (Å²) in [6, 6.07) is 14.2. The molecule has 1 aliphatic rings. The number of hydrogen-bond acceptors (Lipinski definition) is 3. The van der Waals surface area contributed by atoms with E-state index in [4.69, 9.17) is 16.3 Å². The van der Waals surface area contributed by atoms with Crippen LogP contribution in [0.4, 0.5) is 4.79 Å². The zero-order valence-electron chi connectivity index (χ0n) is 14.1. The topological polar surface area (TPSA) is 58.6 Å². The number of nitrogens with one attached hydrogen (secondary N) is 1. The number of imide groups is 1. The summed E-state index contributed by atoms with van der Waals surface area (Å²) in [5.41, 5.74) is 0.787. The molecule has 1 fully saturated rings. The highest BCUT2D eigenvalue weighted by atomic mass is 35.5. The van der Waals surface area contributed by atoms with Crippen molar-refractivity contribution in [2.45, 2.75) is 19.4 Å². The highest BCUT2D eigenvalue weighted by Crippen LogP contribution is 2.29. The molecule has 2 aromatic carbocycles. The fourth-order valence-electron chi connectivity index (χ4n) is 2.79. The molecule has 1 atom stereocenters. The summed E-state index contributed by atoms with van der Waals surface area (Å²) in [6.07, 6.45) is 0. The van der Waals surface area contributed by atoms with E-state index in [0.717, 1.165) is 11.1 Å². The van der Waals surface area contributed by atoms with Crippen LogP contribution in [0.25, 0.3) is 0 Å². The number of halogens is 1. The molecule has 0 aromatic heterocycles. The summed E-state index contributed by atoms with van der Waals surface area (Å²) in [5, 5.41) is 3.27. The van der Waals surface area contributed by atoms with E-state index in [1.54, 1.807) is 25.1 Å². The Morgan fingerprint density at radius 2 is 1.80 bits per heavy atom. The van der Waals surface area contributed by atoms with Gasteiger partial charge in [-0.15, -0.1) is 0 Å². The van der Waals surface area contributed by atoms with Crippen molar-refractivity contribution in [1.82, 2.24) is 10.2 Å². The SMILES string of the molecule is Cc1ccc(C2(C)NC(=O)N(CCOc3ccccc3Cl)C2=O)cc1. The Balaban J connectivity index is 1.69. The number of urea groups is 1. The molecule has 0 saturated carbocycles. The van der Waals surface area contributed by atoms with Gasteiger partial charge in [0.1, 0.15) is 17.9 Å². The van der Waals surface area contributed by atoms with Crippen LogP contribution in [0.1, 0.15) is 18.1 Å². The summed E-state index contributed by atoms with van der Waals surface area (Å²) in [4.78, 5) is 26.2. The molecule has 3 amide bonds. The third-order valence-corrected chi connectivity index (χ3v) is 4.63. The summed E-state index contributed by atoms with van der Waals surface area (Å²) in [5.74, 6) is 0.238. The van der Waals surface area contributed by atoms with Crippen molar-refractivity contribution in [1.29, 1.82) is 0 Å². The van der Waals surface area contributed by atoms with Crippen LogP contribution >= 0.6 is 11.6 Å². The van der Waals surface area contributed by atoms with Crippen molar-refractivity contribution in [2.24, 2.45) is 0 Å². The van der Waals surface area contributed by atoms with Crippen molar-refractivity contribution < 1.29 is 14.3 Å². The number of rotatable bonds is 5. The smallest absolute Gasteiger partial charge is 0.325 e. The largest absolute Gasteiger partial charge is 0.490 e. The Kier molecular flexibility index (Phi) is 4.68. The van der Waals surface area contributed by atoms with Crippen molar-refractivity contribution in [3.8, 4) is 5.75 Å². The highest BCUT2D eigenvalue weighted by Gasteiger charge is 2.48. The molecular formula is C19H19ClN2O3. The maximum atomic E-state index is 12.8. The molecule has 1 heterocycles. The van der Waals surface area contributed by atoms with Crippen LogP contribution in [-0.4, -0.2) is 30.0 Å². The molecule has 0 bridgehead atoms. The predicted molar refractivity (Wildman–Crippen MR) is 95.7 cm³/mol. The summed E-state index contributed by atoms with van der Waals surface area (Å²) in [6.45, 7) is 4.01. The molecule has 2 aromatic rings. The standard InChI is InChI=1S/C19H19ClN2O3/c1-13-7-9-14(10-8-13)19(2)17(23)22(18(24)21-19)11-12-25-16-6-4-3-5-15(16)20/h3-10H,11-12H2,1-2H3,(H,21,24). The molecule has 3 rings (SSSR count). The zero-order valence-corrected chi connectivity index (χ0v) is 14.8. The van der Waals surface area contributed by atoms with Crippen molar-refractivity contribution >= 4 is 23.5 Å². The lowest BCUT2D eigenvalue weighted by Gasteiger charge is -2.22. The monoisotopic (exact) mass is 358 g/mol. The molecule has 6 heteroatoms. The Morgan fingerprint density at radius 1 is 1.12 bits per heavy atom. The average molecular weight is 359 g/mol.